The van der Waals surface area contributed by atoms with Gasteiger partial charge in [0, 0.05) is 30.2 Å². The van der Waals surface area contributed by atoms with Gasteiger partial charge in [-0.1, -0.05) is 0 Å². The van der Waals surface area contributed by atoms with Gasteiger partial charge in [0.15, 0.2) is 5.82 Å². The van der Waals surface area contributed by atoms with Crippen LogP contribution < -0.4 is 9.64 Å². The number of fused-ring (bicyclic) bond motifs is 1. The van der Waals surface area contributed by atoms with Crippen LogP contribution in [0.5, 0.6) is 5.75 Å². The molecule has 1 saturated heterocycles. The molecular weight excluding hydrogens is 435 g/mol. The first-order valence-electron chi connectivity index (χ1n) is 9.81. The molecule has 3 aromatic rings. The van der Waals surface area contributed by atoms with Crippen molar-refractivity contribution in [3.8, 4) is 17.0 Å². The molecule has 1 fully saturated rings. The Morgan fingerprint density at radius 1 is 1.09 bits per heavy atom. The molecule has 2 unspecified atom stereocenters. The van der Waals surface area contributed by atoms with Crippen LogP contribution in [0, 0.1) is 0 Å². The predicted molar refractivity (Wildman–Crippen MR) is 107 cm³/mol. The van der Waals surface area contributed by atoms with Crippen LogP contribution in [-0.2, 0) is 10.9 Å². The van der Waals surface area contributed by atoms with E-state index in [-0.39, 0.29) is 23.5 Å². The van der Waals surface area contributed by atoms with Gasteiger partial charge in [0.2, 0.25) is 0 Å². The lowest BCUT2D eigenvalue weighted by Crippen LogP contribution is -2.46. The Labute approximate surface area is 180 Å². The summed E-state index contributed by atoms with van der Waals surface area (Å²) in [5, 5.41) is 8.89. The first-order chi connectivity index (χ1) is 15.1. The fourth-order valence-electron chi connectivity index (χ4n) is 3.82. The van der Waals surface area contributed by atoms with Crippen LogP contribution in [0.4, 0.5) is 27.8 Å². The Balaban J connectivity index is 1.86. The number of hydrogen-bond acceptors (Lipinski definition) is 6. The van der Waals surface area contributed by atoms with E-state index in [2.05, 4.69) is 19.9 Å². The average molecular weight is 454 g/mol. The highest BCUT2D eigenvalue weighted by molar-refractivity contribution is 5.98. The normalized spacial score (nSPS) is 19.6. The second-order valence-electron chi connectivity index (χ2n) is 7.52. The highest BCUT2D eigenvalue weighted by Gasteiger charge is 2.32. The summed E-state index contributed by atoms with van der Waals surface area (Å²) in [7, 11) is 0. The van der Waals surface area contributed by atoms with Crippen molar-refractivity contribution in [1.82, 2.24) is 15.2 Å². The van der Waals surface area contributed by atoms with Gasteiger partial charge >= 0.3 is 12.8 Å². The molecule has 2 atom stereocenters. The largest absolute Gasteiger partial charge is 0.434 e. The second-order valence-corrected chi connectivity index (χ2v) is 7.52. The number of hydrogen-bond donors (Lipinski definition) is 0. The number of anilines is 1. The fraction of sp³-hybridized carbons (Fsp3) is 0.381. The summed E-state index contributed by atoms with van der Waals surface area (Å²) < 4.78 is 75.4. The number of benzene rings is 1. The molecule has 4 rings (SSSR count). The molecule has 2 aromatic heterocycles. The van der Waals surface area contributed by atoms with Gasteiger partial charge in [-0.05, 0) is 44.2 Å². The van der Waals surface area contributed by atoms with Crippen LogP contribution in [0.1, 0.15) is 19.4 Å². The molecule has 0 saturated carbocycles. The van der Waals surface area contributed by atoms with E-state index in [0.717, 1.165) is 12.1 Å². The van der Waals surface area contributed by atoms with Gasteiger partial charge in [-0.25, -0.2) is 0 Å². The minimum absolute atomic E-state index is 0.0425. The van der Waals surface area contributed by atoms with Crippen molar-refractivity contribution in [2.75, 3.05) is 18.0 Å². The smallest absolute Gasteiger partial charge is 0.416 e. The summed E-state index contributed by atoms with van der Waals surface area (Å²) in [6, 6.07) is 5.66. The van der Waals surface area contributed by atoms with Gasteiger partial charge in [-0.2, -0.15) is 22.0 Å². The van der Waals surface area contributed by atoms with Gasteiger partial charge in [0.1, 0.15) is 17.0 Å². The molecule has 11 heteroatoms. The lowest BCUT2D eigenvalue weighted by Gasteiger charge is -2.36. The third-order valence-electron chi connectivity index (χ3n) is 5.02. The Bertz CT molecular complexity index is 1120. The van der Waals surface area contributed by atoms with E-state index >= 15 is 0 Å². The highest BCUT2D eigenvalue weighted by atomic mass is 19.4. The Kier molecular flexibility index (Phi) is 5.85. The molecule has 1 aliphatic heterocycles. The predicted octanol–water partition coefficient (Wildman–Crippen LogP) is 4.93. The maximum absolute atomic E-state index is 13.1. The fourth-order valence-corrected chi connectivity index (χ4v) is 3.82. The molecule has 170 valence electrons. The highest BCUT2D eigenvalue weighted by Crippen LogP contribution is 2.40. The van der Waals surface area contributed by atoms with E-state index in [4.69, 9.17) is 4.74 Å². The van der Waals surface area contributed by atoms with Gasteiger partial charge in [0.25, 0.3) is 0 Å². The number of rotatable bonds is 4. The molecule has 1 aromatic carbocycles. The third kappa shape index (κ3) is 4.43. The van der Waals surface area contributed by atoms with Crippen molar-refractivity contribution in [3.63, 3.8) is 0 Å². The minimum atomic E-state index is -4.72. The summed E-state index contributed by atoms with van der Waals surface area (Å²) in [5.41, 5.74) is -0.614. The summed E-state index contributed by atoms with van der Waals surface area (Å²) in [6.07, 6.45) is -3.28. The summed E-state index contributed by atoms with van der Waals surface area (Å²) in [5.74, 6) is -0.162. The number of ether oxygens (including phenoxy) is 2. The van der Waals surface area contributed by atoms with Crippen LogP contribution in [0.2, 0.25) is 0 Å². The van der Waals surface area contributed by atoms with Gasteiger partial charge in [-0.15, -0.1) is 10.2 Å². The Morgan fingerprint density at radius 2 is 1.81 bits per heavy atom. The van der Waals surface area contributed by atoms with Crippen LogP contribution in [0.3, 0.4) is 0 Å². The molecule has 32 heavy (non-hydrogen) atoms. The molecule has 0 spiro atoms. The Morgan fingerprint density at radius 3 is 2.47 bits per heavy atom. The van der Waals surface area contributed by atoms with Crippen molar-refractivity contribution in [1.29, 1.82) is 0 Å². The molecule has 3 heterocycles. The Hall–Kier alpha value is -3.08. The molecule has 0 radical (unpaired) electrons. The molecule has 6 nitrogen and oxygen atoms in total. The quantitative estimate of drug-likeness (QED) is 0.522. The van der Waals surface area contributed by atoms with E-state index in [1.54, 1.807) is 18.3 Å². The molecule has 0 bridgehead atoms. The number of alkyl halides is 5. The van der Waals surface area contributed by atoms with Crippen molar-refractivity contribution >= 4 is 16.7 Å². The molecular formula is C21H19F5N4O2. The van der Waals surface area contributed by atoms with E-state index in [9.17, 15) is 22.0 Å². The zero-order valence-electron chi connectivity index (χ0n) is 17.1. The zero-order chi connectivity index (χ0) is 23.0. The van der Waals surface area contributed by atoms with Crippen molar-refractivity contribution in [2.45, 2.75) is 38.8 Å². The van der Waals surface area contributed by atoms with Crippen molar-refractivity contribution in [3.05, 3.63) is 42.1 Å². The maximum Gasteiger partial charge on any atom is 0.416 e. The monoisotopic (exact) mass is 454 g/mol. The minimum Gasteiger partial charge on any atom is -0.434 e. The van der Waals surface area contributed by atoms with Crippen LogP contribution in [0.15, 0.2) is 36.5 Å². The van der Waals surface area contributed by atoms with Crippen molar-refractivity contribution < 1.29 is 31.4 Å². The van der Waals surface area contributed by atoms with E-state index in [1.807, 2.05) is 18.7 Å². The number of pyridine rings is 1. The van der Waals surface area contributed by atoms with Crippen LogP contribution >= 0.6 is 0 Å². The topological polar surface area (TPSA) is 60.4 Å². The summed E-state index contributed by atoms with van der Waals surface area (Å²) >= 11 is 0. The van der Waals surface area contributed by atoms with Crippen molar-refractivity contribution in [2.24, 2.45) is 0 Å². The number of halogens is 5. The van der Waals surface area contributed by atoms with Gasteiger partial charge in [-0.3, -0.25) is 4.98 Å². The molecule has 0 aliphatic carbocycles. The number of aromatic nitrogens is 3. The molecule has 0 N–H and O–H groups in total. The van der Waals surface area contributed by atoms with E-state index in [0.29, 0.717) is 35.9 Å². The zero-order valence-corrected chi connectivity index (χ0v) is 17.1. The second kappa shape index (κ2) is 8.45. The van der Waals surface area contributed by atoms with E-state index in [1.165, 1.54) is 0 Å². The third-order valence-corrected chi connectivity index (χ3v) is 5.02. The summed E-state index contributed by atoms with van der Waals surface area (Å²) in [6.45, 7) is 1.63. The number of morpholine rings is 1. The molecule has 1 aliphatic rings. The lowest BCUT2D eigenvalue weighted by molar-refractivity contribution is -0.138. The van der Waals surface area contributed by atoms with Gasteiger partial charge in [0.05, 0.1) is 17.8 Å². The SMILES string of the molecule is CC1CN(c2nnc(-c3ccc(C(F)(F)F)cc3OC(F)F)c3cccnc23)CC(C)O1. The molecule has 0 amide bonds. The van der Waals surface area contributed by atoms with Crippen LogP contribution in [0.25, 0.3) is 22.2 Å². The van der Waals surface area contributed by atoms with E-state index < -0.39 is 24.1 Å². The first kappa shape index (κ1) is 22.1. The maximum atomic E-state index is 13.1. The van der Waals surface area contributed by atoms with Crippen LogP contribution in [-0.4, -0.2) is 47.1 Å². The average Bonchev–Trinajstić information content (AvgIpc) is 2.71. The van der Waals surface area contributed by atoms with Gasteiger partial charge < -0.3 is 14.4 Å². The first-order valence-corrected chi connectivity index (χ1v) is 9.81. The standard InChI is InChI=1S/C21H19F5N4O2/c1-11-9-30(10-12(2)31-11)19-18-15(4-3-7-27-18)17(28-29-19)14-6-5-13(21(24,25)26)8-16(14)32-20(22)23/h3-8,11-12,20H,9-10H2,1-2H3. The number of nitrogens with zero attached hydrogens (tertiary/aromatic N) is 4. The summed E-state index contributed by atoms with van der Waals surface area (Å²) in [4.78, 5) is 6.35. The lowest BCUT2D eigenvalue weighted by atomic mass is 10.0.